The summed E-state index contributed by atoms with van der Waals surface area (Å²) in [5.74, 6) is 0. The monoisotopic (exact) mass is 314 g/mol. The molecular weight excluding hydrogens is 296 g/mol. The van der Waals surface area contributed by atoms with Crippen molar-refractivity contribution < 1.29 is 4.79 Å². The van der Waals surface area contributed by atoms with Gasteiger partial charge in [-0.1, -0.05) is 6.92 Å². The van der Waals surface area contributed by atoms with Gasteiger partial charge in [0.2, 0.25) is 0 Å². The van der Waals surface area contributed by atoms with Crippen LogP contribution in [0.1, 0.15) is 18.2 Å². The highest BCUT2D eigenvalue weighted by molar-refractivity contribution is 5.80. The van der Waals surface area contributed by atoms with E-state index in [1.807, 2.05) is 13.8 Å². The minimum absolute atomic E-state index is 0.123. The number of aromatic nitrogens is 5. The molecule has 120 valence electrons. The second-order valence-corrected chi connectivity index (χ2v) is 5.56. The van der Waals surface area contributed by atoms with Crippen LogP contribution in [-0.4, -0.2) is 49.4 Å². The predicted octanol–water partition coefficient (Wildman–Crippen LogP) is 1.29. The molecule has 3 heterocycles. The van der Waals surface area contributed by atoms with Crippen molar-refractivity contribution >= 4 is 11.7 Å². The van der Waals surface area contributed by atoms with Crippen molar-refractivity contribution in [2.45, 2.75) is 20.3 Å². The molecule has 0 spiro atoms. The number of hydrogen-bond acceptors (Lipinski definition) is 4. The number of aromatic amines is 1. The fourth-order valence-electron chi connectivity index (χ4n) is 2.56. The van der Waals surface area contributed by atoms with Gasteiger partial charge in [-0.05, 0) is 13.3 Å². The predicted molar refractivity (Wildman–Crippen MR) is 85.6 cm³/mol. The number of aryl methyl sites for hydroxylation is 1. The number of nitrogens with zero attached hydrogens (tertiary/aromatic N) is 5. The van der Waals surface area contributed by atoms with Crippen LogP contribution in [-0.2, 0) is 6.42 Å². The smallest absolute Gasteiger partial charge is 0.343 e. The topological polar surface area (TPSA) is 88.3 Å². The van der Waals surface area contributed by atoms with Gasteiger partial charge in [0.25, 0.3) is 5.56 Å². The van der Waals surface area contributed by atoms with Gasteiger partial charge < -0.3 is 9.88 Å². The van der Waals surface area contributed by atoms with Crippen LogP contribution in [0.25, 0.3) is 16.8 Å². The minimum Gasteiger partial charge on any atom is -0.343 e. The van der Waals surface area contributed by atoms with E-state index in [9.17, 15) is 9.59 Å². The van der Waals surface area contributed by atoms with Crippen molar-refractivity contribution in [3.05, 3.63) is 40.2 Å². The molecule has 0 aliphatic rings. The van der Waals surface area contributed by atoms with E-state index < -0.39 is 0 Å². The molecule has 0 aliphatic carbocycles. The van der Waals surface area contributed by atoms with Crippen molar-refractivity contribution in [3.63, 3.8) is 0 Å². The number of rotatable bonds is 2. The molecule has 0 aromatic carbocycles. The highest BCUT2D eigenvalue weighted by atomic mass is 16.2. The van der Waals surface area contributed by atoms with Crippen LogP contribution < -0.4 is 5.56 Å². The summed E-state index contributed by atoms with van der Waals surface area (Å²) in [5, 5.41) is 8.25. The van der Waals surface area contributed by atoms with Gasteiger partial charge in [-0.15, -0.1) is 0 Å². The first kappa shape index (κ1) is 15.0. The third-order valence-corrected chi connectivity index (χ3v) is 3.80. The molecule has 23 heavy (non-hydrogen) atoms. The molecule has 8 nitrogen and oxygen atoms in total. The summed E-state index contributed by atoms with van der Waals surface area (Å²) in [6.45, 7) is 3.81. The first-order chi connectivity index (χ1) is 10.9. The molecule has 3 aromatic heterocycles. The normalized spacial score (nSPS) is 11.1. The van der Waals surface area contributed by atoms with E-state index in [2.05, 4.69) is 15.2 Å². The highest BCUT2D eigenvalue weighted by Crippen LogP contribution is 2.22. The Hall–Kier alpha value is -2.90. The highest BCUT2D eigenvalue weighted by Gasteiger charge is 2.16. The van der Waals surface area contributed by atoms with Crippen molar-refractivity contribution in [1.82, 2.24) is 29.3 Å². The molecule has 1 amide bonds. The Kier molecular flexibility index (Phi) is 3.51. The number of amides is 1. The molecule has 1 N–H and O–H groups in total. The average molecular weight is 314 g/mol. The Labute approximate surface area is 132 Å². The average Bonchev–Trinajstić information content (AvgIpc) is 3.13. The molecular formula is C15H18N6O2. The summed E-state index contributed by atoms with van der Waals surface area (Å²) >= 11 is 0. The number of fused-ring (bicyclic) bond motifs is 1. The molecule has 0 radical (unpaired) electrons. The third-order valence-electron chi connectivity index (χ3n) is 3.80. The zero-order valence-electron chi connectivity index (χ0n) is 13.5. The largest absolute Gasteiger partial charge is 0.344 e. The van der Waals surface area contributed by atoms with Crippen LogP contribution in [0.3, 0.4) is 0 Å². The molecule has 0 saturated heterocycles. The van der Waals surface area contributed by atoms with Gasteiger partial charge in [-0.3, -0.25) is 4.79 Å². The van der Waals surface area contributed by atoms with E-state index in [0.29, 0.717) is 17.6 Å². The zero-order chi connectivity index (χ0) is 16.7. The van der Waals surface area contributed by atoms with E-state index in [0.717, 1.165) is 16.8 Å². The second kappa shape index (κ2) is 5.38. The van der Waals surface area contributed by atoms with E-state index in [1.165, 1.54) is 14.1 Å². The van der Waals surface area contributed by atoms with Crippen LogP contribution in [0.2, 0.25) is 0 Å². The number of carbonyl (C=O) groups excluding carboxylic acids is 1. The van der Waals surface area contributed by atoms with Gasteiger partial charge in [0.1, 0.15) is 5.65 Å². The fourth-order valence-corrected chi connectivity index (χ4v) is 2.56. The van der Waals surface area contributed by atoms with Crippen molar-refractivity contribution in [3.8, 4) is 11.1 Å². The van der Waals surface area contributed by atoms with Gasteiger partial charge in [0.05, 0.1) is 12.4 Å². The summed E-state index contributed by atoms with van der Waals surface area (Å²) in [7, 11) is 3.32. The summed E-state index contributed by atoms with van der Waals surface area (Å²) in [5.41, 5.74) is 3.46. The van der Waals surface area contributed by atoms with Crippen LogP contribution >= 0.6 is 0 Å². The Bertz CT molecular complexity index is 947. The number of nitrogens with one attached hydrogen (secondary N) is 1. The van der Waals surface area contributed by atoms with Crippen molar-refractivity contribution in [1.29, 1.82) is 0 Å². The molecule has 3 rings (SSSR count). The second-order valence-electron chi connectivity index (χ2n) is 5.56. The van der Waals surface area contributed by atoms with Gasteiger partial charge in [-0.25, -0.2) is 4.79 Å². The summed E-state index contributed by atoms with van der Waals surface area (Å²) < 4.78 is 2.61. The van der Waals surface area contributed by atoms with Crippen LogP contribution in [0, 0.1) is 6.92 Å². The summed E-state index contributed by atoms with van der Waals surface area (Å²) in [4.78, 5) is 29.0. The quantitative estimate of drug-likeness (QED) is 0.772. The van der Waals surface area contributed by atoms with Crippen LogP contribution in [0.5, 0.6) is 0 Å². The van der Waals surface area contributed by atoms with E-state index in [-0.39, 0.29) is 11.6 Å². The lowest BCUT2D eigenvalue weighted by atomic mass is 10.1. The maximum atomic E-state index is 12.4. The lowest BCUT2D eigenvalue weighted by Crippen LogP contribution is -2.27. The minimum atomic E-state index is -0.245. The number of carbonyl (C=O) groups is 1. The van der Waals surface area contributed by atoms with Gasteiger partial charge in [0, 0.05) is 42.7 Å². The first-order valence-corrected chi connectivity index (χ1v) is 7.30. The lowest BCUT2D eigenvalue weighted by molar-refractivity contribution is 0.216. The Morgan fingerprint density at radius 1 is 1.30 bits per heavy atom. The van der Waals surface area contributed by atoms with Crippen molar-refractivity contribution in [2.24, 2.45) is 0 Å². The molecule has 0 unspecified atom stereocenters. The van der Waals surface area contributed by atoms with E-state index in [1.54, 1.807) is 32.7 Å². The molecule has 8 heteroatoms. The standard InChI is InChI=1S/C15H18N6O2/c1-5-11-9(2)18-13-12(7-17-21(13)14(11)22)10-6-16-20(8-10)15(23)19(3)4/h6-8,18H,5H2,1-4H3. The Balaban J connectivity index is 2.15. The van der Waals surface area contributed by atoms with Crippen LogP contribution in [0.4, 0.5) is 4.79 Å². The van der Waals surface area contributed by atoms with Crippen LogP contribution in [0.15, 0.2) is 23.4 Å². The van der Waals surface area contributed by atoms with Crippen molar-refractivity contribution in [2.75, 3.05) is 14.1 Å². The zero-order valence-corrected chi connectivity index (χ0v) is 13.5. The molecule has 3 aromatic rings. The number of H-pyrrole nitrogens is 1. The molecule has 0 atom stereocenters. The molecule has 0 aliphatic heterocycles. The lowest BCUT2D eigenvalue weighted by Gasteiger charge is -2.08. The third kappa shape index (κ3) is 2.32. The van der Waals surface area contributed by atoms with Gasteiger partial charge in [-0.2, -0.15) is 19.4 Å². The van der Waals surface area contributed by atoms with E-state index in [4.69, 9.17) is 0 Å². The SMILES string of the molecule is CCc1c(C)[nH]c2c(-c3cnn(C(=O)N(C)C)c3)cnn2c1=O. The molecule has 0 fully saturated rings. The van der Waals surface area contributed by atoms with Gasteiger partial charge >= 0.3 is 6.03 Å². The first-order valence-electron chi connectivity index (χ1n) is 7.30. The maximum Gasteiger partial charge on any atom is 0.344 e. The maximum absolute atomic E-state index is 12.4. The summed E-state index contributed by atoms with van der Waals surface area (Å²) in [6, 6.07) is -0.245. The summed E-state index contributed by atoms with van der Waals surface area (Å²) in [6.07, 6.45) is 5.45. The molecule has 0 saturated carbocycles. The van der Waals surface area contributed by atoms with E-state index >= 15 is 0 Å². The Morgan fingerprint density at radius 2 is 2.04 bits per heavy atom. The Morgan fingerprint density at radius 3 is 2.70 bits per heavy atom. The fraction of sp³-hybridized carbons (Fsp3) is 0.333. The number of hydrogen-bond donors (Lipinski definition) is 1. The molecule has 0 bridgehead atoms. The van der Waals surface area contributed by atoms with Gasteiger partial charge in [0.15, 0.2) is 0 Å².